The molecule has 2 fully saturated rings. The molecule has 2 aliphatic rings. The standard InChI is InChI=1S/C14H26O/c1-2-3-10-15-14-11-13(14)9-8-12-6-4-5-7-12/h12-14H,2-11H2,1H3. The largest absolute Gasteiger partial charge is 0.378 e. The molecule has 0 aromatic heterocycles. The van der Waals surface area contributed by atoms with Crippen LogP contribution in [0.2, 0.25) is 0 Å². The minimum atomic E-state index is 0.651. The van der Waals surface area contributed by atoms with Crippen molar-refractivity contribution in [2.45, 2.75) is 70.8 Å². The third kappa shape index (κ3) is 3.79. The molecule has 0 N–H and O–H groups in total. The Morgan fingerprint density at radius 3 is 2.67 bits per heavy atom. The Morgan fingerprint density at radius 2 is 1.93 bits per heavy atom. The van der Waals surface area contributed by atoms with Gasteiger partial charge >= 0.3 is 0 Å². The van der Waals surface area contributed by atoms with Crippen LogP contribution in [-0.2, 0) is 4.74 Å². The zero-order valence-electron chi connectivity index (χ0n) is 10.2. The van der Waals surface area contributed by atoms with Gasteiger partial charge in [-0.1, -0.05) is 45.4 Å². The van der Waals surface area contributed by atoms with Gasteiger partial charge in [0.1, 0.15) is 0 Å². The molecular weight excluding hydrogens is 184 g/mol. The Kier molecular flexibility index (Phi) is 4.49. The van der Waals surface area contributed by atoms with E-state index in [1.165, 1.54) is 57.8 Å². The van der Waals surface area contributed by atoms with Crippen LogP contribution in [0.1, 0.15) is 64.7 Å². The number of rotatable bonds is 7. The van der Waals surface area contributed by atoms with E-state index in [9.17, 15) is 0 Å². The Balaban J connectivity index is 1.47. The molecule has 2 aliphatic carbocycles. The average Bonchev–Trinajstić information content (AvgIpc) is 2.78. The summed E-state index contributed by atoms with van der Waals surface area (Å²) in [7, 11) is 0. The zero-order valence-corrected chi connectivity index (χ0v) is 10.2. The zero-order chi connectivity index (χ0) is 10.5. The summed E-state index contributed by atoms with van der Waals surface area (Å²) >= 11 is 0. The first-order valence-electron chi connectivity index (χ1n) is 7.01. The third-order valence-corrected chi connectivity index (χ3v) is 4.11. The molecule has 0 amide bonds. The summed E-state index contributed by atoms with van der Waals surface area (Å²) in [5.74, 6) is 2.00. The molecule has 0 aromatic carbocycles. The predicted molar refractivity (Wildman–Crippen MR) is 63.9 cm³/mol. The maximum atomic E-state index is 5.82. The van der Waals surface area contributed by atoms with Crippen molar-refractivity contribution in [1.82, 2.24) is 0 Å². The van der Waals surface area contributed by atoms with Crippen molar-refractivity contribution in [3.8, 4) is 0 Å². The normalized spacial score (nSPS) is 31.0. The van der Waals surface area contributed by atoms with Gasteiger partial charge in [0.25, 0.3) is 0 Å². The Bertz CT molecular complexity index is 172. The monoisotopic (exact) mass is 210 g/mol. The number of hydrogen-bond donors (Lipinski definition) is 0. The van der Waals surface area contributed by atoms with Gasteiger partial charge < -0.3 is 4.74 Å². The molecule has 0 spiro atoms. The summed E-state index contributed by atoms with van der Waals surface area (Å²) in [6.07, 6.45) is 13.4. The summed E-state index contributed by atoms with van der Waals surface area (Å²) < 4.78 is 5.82. The average molecular weight is 210 g/mol. The van der Waals surface area contributed by atoms with Gasteiger partial charge in [0.2, 0.25) is 0 Å². The minimum Gasteiger partial charge on any atom is -0.378 e. The number of hydrogen-bond acceptors (Lipinski definition) is 1. The van der Waals surface area contributed by atoms with Crippen LogP contribution in [0.5, 0.6) is 0 Å². The van der Waals surface area contributed by atoms with Crippen molar-refractivity contribution >= 4 is 0 Å². The highest BCUT2D eigenvalue weighted by Crippen LogP contribution is 2.40. The highest BCUT2D eigenvalue weighted by atomic mass is 16.5. The van der Waals surface area contributed by atoms with Crippen LogP contribution in [0, 0.1) is 11.8 Å². The van der Waals surface area contributed by atoms with E-state index >= 15 is 0 Å². The molecular formula is C14H26O. The summed E-state index contributed by atoms with van der Waals surface area (Å²) in [4.78, 5) is 0. The summed E-state index contributed by atoms with van der Waals surface area (Å²) in [6, 6.07) is 0. The van der Waals surface area contributed by atoms with Crippen molar-refractivity contribution in [3.63, 3.8) is 0 Å². The lowest BCUT2D eigenvalue weighted by molar-refractivity contribution is 0.104. The molecule has 0 bridgehead atoms. The maximum Gasteiger partial charge on any atom is 0.0607 e. The van der Waals surface area contributed by atoms with Gasteiger partial charge in [-0.15, -0.1) is 0 Å². The van der Waals surface area contributed by atoms with Crippen molar-refractivity contribution in [2.24, 2.45) is 11.8 Å². The fraction of sp³-hybridized carbons (Fsp3) is 1.00. The second-order valence-electron chi connectivity index (χ2n) is 5.49. The molecule has 88 valence electrons. The summed E-state index contributed by atoms with van der Waals surface area (Å²) in [5.41, 5.74) is 0. The second kappa shape index (κ2) is 5.89. The SMILES string of the molecule is CCCCOC1CC1CCC1CCCC1. The fourth-order valence-electron chi connectivity index (χ4n) is 2.86. The first-order valence-corrected chi connectivity index (χ1v) is 7.01. The van der Waals surface area contributed by atoms with E-state index in [4.69, 9.17) is 4.74 Å². The van der Waals surface area contributed by atoms with Crippen molar-refractivity contribution in [2.75, 3.05) is 6.61 Å². The molecule has 15 heavy (non-hydrogen) atoms. The van der Waals surface area contributed by atoms with Gasteiger partial charge in [-0.05, 0) is 31.1 Å². The lowest BCUT2D eigenvalue weighted by atomic mass is 10.00. The second-order valence-corrected chi connectivity index (χ2v) is 5.49. The van der Waals surface area contributed by atoms with Crippen molar-refractivity contribution in [3.05, 3.63) is 0 Å². The minimum absolute atomic E-state index is 0.651. The van der Waals surface area contributed by atoms with Crippen LogP contribution in [0.15, 0.2) is 0 Å². The van der Waals surface area contributed by atoms with Crippen LogP contribution in [0.4, 0.5) is 0 Å². The first kappa shape index (κ1) is 11.4. The van der Waals surface area contributed by atoms with E-state index in [-0.39, 0.29) is 0 Å². The third-order valence-electron chi connectivity index (χ3n) is 4.11. The van der Waals surface area contributed by atoms with Gasteiger partial charge in [0.15, 0.2) is 0 Å². The van der Waals surface area contributed by atoms with E-state index in [0.29, 0.717) is 6.10 Å². The fourth-order valence-corrected chi connectivity index (χ4v) is 2.86. The van der Waals surface area contributed by atoms with Crippen LogP contribution < -0.4 is 0 Å². The van der Waals surface area contributed by atoms with Gasteiger partial charge in [0, 0.05) is 6.61 Å². The Morgan fingerprint density at radius 1 is 1.13 bits per heavy atom. The van der Waals surface area contributed by atoms with E-state index in [0.717, 1.165) is 18.4 Å². The van der Waals surface area contributed by atoms with Crippen LogP contribution in [-0.4, -0.2) is 12.7 Å². The predicted octanol–water partition coefficient (Wildman–Crippen LogP) is 4.16. The van der Waals surface area contributed by atoms with Gasteiger partial charge in [-0.3, -0.25) is 0 Å². The lowest BCUT2D eigenvalue weighted by Crippen LogP contribution is -2.00. The van der Waals surface area contributed by atoms with Crippen LogP contribution in [0.25, 0.3) is 0 Å². The van der Waals surface area contributed by atoms with E-state index in [2.05, 4.69) is 6.92 Å². The molecule has 2 unspecified atom stereocenters. The number of unbranched alkanes of at least 4 members (excludes halogenated alkanes) is 1. The van der Waals surface area contributed by atoms with E-state index in [1.807, 2.05) is 0 Å². The number of ether oxygens (including phenoxy) is 1. The molecule has 2 atom stereocenters. The van der Waals surface area contributed by atoms with Crippen LogP contribution >= 0.6 is 0 Å². The molecule has 0 radical (unpaired) electrons. The van der Waals surface area contributed by atoms with E-state index < -0.39 is 0 Å². The molecule has 0 aliphatic heterocycles. The highest BCUT2D eigenvalue weighted by molar-refractivity contribution is 4.88. The smallest absolute Gasteiger partial charge is 0.0607 e. The van der Waals surface area contributed by atoms with Gasteiger partial charge in [-0.25, -0.2) is 0 Å². The molecule has 1 nitrogen and oxygen atoms in total. The molecule has 0 saturated heterocycles. The Hall–Kier alpha value is -0.0400. The summed E-state index contributed by atoms with van der Waals surface area (Å²) in [5, 5.41) is 0. The first-order chi connectivity index (χ1) is 7.40. The topological polar surface area (TPSA) is 9.23 Å². The van der Waals surface area contributed by atoms with E-state index in [1.54, 1.807) is 0 Å². The van der Waals surface area contributed by atoms with Gasteiger partial charge in [-0.2, -0.15) is 0 Å². The van der Waals surface area contributed by atoms with Crippen molar-refractivity contribution in [1.29, 1.82) is 0 Å². The molecule has 1 heteroatoms. The van der Waals surface area contributed by atoms with Crippen LogP contribution in [0.3, 0.4) is 0 Å². The maximum absolute atomic E-state index is 5.82. The highest BCUT2D eigenvalue weighted by Gasteiger charge is 2.37. The molecule has 2 saturated carbocycles. The van der Waals surface area contributed by atoms with Crippen molar-refractivity contribution < 1.29 is 4.74 Å². The summed E-state index contributed by atoms with van der Waals surface area (Å²) in [6.45, 7) is 3.23. The molecule has 2 rings (SSSR count). The Labute approximate surface area is 94.6 Å². The quantitative estimate of drug-likeness (QED) is 0.573. The molecule has 0 heterocycles. The molecule has 0 aromatic rings. The van der Waals surface area contributed by atoms with Gasteiger partial charge in [0.05, 0.1) is 6.10 Å². The lowest BCUT2D eigenvalue weighted by Gasteiger charge is -2.08.